The van der Waals surface area contributed by atoms with Crippen LogP contribution in [0.25, 0.3) is 0 Å². The second-order valence-electron chi connectivity index (χ2n) is 3.11. The van der Waals surface area contributed by atoms with Gasteiger partial charge in [0.1, 0.15) is 0 Å². The van der Waals surface area contributed by atoms with E-state index < -0.39 is 29.2 Å². The molecule has 0 aromatic heterocycles. The van der Waals surface area contributed by atoms with Crippen LogP contribution in [0.1, 0.15) is 10.4 Å². The number of hydrogen-bond acceptors (Lipinski definition) is 3. The first-order chi connectivity index (χ1) is 8.31. The maximum absolute atomic E-state index is 13.5. The third-order valence-electron chi connectivity index (χ3n) is 1.99. The number of benzene rings is 1. The van der Waals surface area contributed by atoms with Gasteiger partial charge in [0.05, 0.1) is 18.4 Å². The van der Waals surface area contributed by atoms with Gasteiger partial charge in [-0.25, -0.2) is 4.39 Å². The molecule has 1 rings (SSSR count). The van der Waals surface area contributed by atoms with E-state index in [1.165, 1.54) is 5.32 Å². The first kappa shape index (κ1) is 13.9. The van der Waals surface area contributed by atoms with Crippen molar-refractivity contribution in [1.29, 1.82) is 0 Å². The van der Waals surface area contributed by atoms with Crippen LogP contribution in [0.15, 0.2) is 12.1 Å². The lowest BCUT2D eigenvalue weighted by Gasteiger charge is -2.11. The van der Waals surface area contributed by atoms with Gasteiger partial charge in [-0.2, -0.15) is 13.2 Å². The molecule has 1 N–H and O–H groups in total. The summed E-state index contributed by atoms with van der Waals surface area (Å²) in [6.45, 7) is 0. The van der Waals surface area contributed by atoms with E-state index in [0.717, 1.165) is 19.2 Å². The first-order valence-corrected chi connectivity index (χ1v) is 4.51. The molecule has 98 valence electrons. The molecular formula is C10H7F4NO3. The number of methoxy groups -OCH3 is 1. The minimum atomic E-state index is -5.13. The van der Waals surface area contributed by atoms with E-state index >= 15 is 0 Å². The maximum atomic E-state index is 13.5. The van der Waals surface area contributed by atoms with Crippen molar-refractivity contribution in [3.63, 3.8) is 0 Å². The zero-order valence-corrected chi connectivity index (χ0v) is 8.97. The Morgan fingerprint density at radius 2 is 2.00 bits per heavy atom. The number of hydrogen-bond donors (Lipinski definition) is 1. The largest absolute Gasteiger partial charge is 0.494 e. The van der Waals surface area contributed by atoms with Gasteiger partial charge in [0.2, 0.25) is 0 Å². The second-order valence-corrected chi connectivity index (χ2v) is 3.11. The molecule has 0 saturated carbocycles. The van der Waals surface area contributed by atoms with Crippen LogP contribution in [0.3, 0.4) is 0 Å². The monoisotopic (exact) mass is 265 g/mol. The summed E-state index contributed by atoms with van der Waals surface area (Å²) >= 11 is 0. The van der Waals surface area contributed by atoms with E-state index in [4.69, 9.17) is 0 Å². The summed E-state index contributed by atoms with van der Waals surface area (Å²) in [5.41, 5.74) is -1.29. The zero-order valence-electron chi connectivity index (χ0n) is 8.97. The van der Waals surface area contributed by atoms with E-state index in [2.05, 4.69) is 4.74 Å². The summed E-state index contributed by atoms with van der Waals surface area (Å²) < 4.78 is 54.0. The Bertz CT molecular complexity index is 485. The topological polar surface area (TPSA) is 55.4 Å². The molecule has 0 bridgehead atoms. The fraction of sp³-hybridized carbons (Fsp3) is 0.200. The van der Waals surface area contributed by atoms with Crippen LogP contribution in [-0.4, -0.2) is 25.5 Å². The van der Waals surface area contributed by atoms with Gasteiger partial charge in [-0.05, 0) is 12.1 Å². The summed E-state index contributed by atoms with van der Waals surface area (Å²) in [6, 6.07) is 1.93. The fourth-order valence-electron chi connectivity index (χ4n) is 1.15. The van der Waals surface area contributed by atoms with Crippen LogP contribution in [-0.2, 0) is 4.79 Å². The number of alkyl halides is 3. The summed E-state index contributed by atoms with van der Waals surface area (Å²) in [7, 11) is 1.13. The van der Waals surface area contributed by atoms with Crippen LogP contribution in [0.5, 0.6) is 5.75 Å². The molecule has 8 heteroatoms. The molecule has 0 fully saturated rings. The van der Waals surface area contributed by atoms with Crippen molar-refractivity contribution in [3.8, 4) is 5.75 Å². The van der Waals surface area contributed by atoms with Crippen LogP contribution in [0.4, 0.5) is 23.2 Å². The van der Waals surface area contributed by atoms with Gasteiger partial charge in [-0.15, -0.1) is 0 Å². The number of carbonyl (C=O) groups excluding carboxylic acids is 2. The number of halogens is 4. The summed E-state index contributed by atoms with van der Waals surface area (Å²) in [5, 5.41) is 1.40. The number of carbonyl (C=O) groups is 2. The van der Waals surface area contributed by atoms with Crippen molar-refractivity contribution in [3.05, 3.63) is 23.5 Å². The molecule has 0 spiro atoms. The van der Waals surface area contributed by atoms with Crippen molar-refractivity contribution in [2.75, 3.05) is 12.4 Å². The Morgan fingerprint density at radius 3 is 2.44 bits per heavy atom. The van der Waals surface area contributed by atoms with Crippen molar-refractivity contribution in [2.45, 2.75) is 6.18 Å². The number of nitrogens with one attached hydrogen (secondary N) is 1. The number of aldehydes is 1. The minimum Gasteiger partial charge on any atom is -0.494 e. The SMILES string of the molecule is COc1ccc(NC(=O)C(F)(F)F)c(C=O)c1F. The number of anilines is 1. The molecule has 18 heavy (non-hydrogen) atoms. The molecule has 0 heterocycles. The molecule has 1 aromatic carbocycles. The normalized spacial score (nSPS) is 10.9. The molecule has 0 unspecified atom stereocenters. The van der Waals surface area contributed by atoms with Gasteiger partial charge in [0, 0.05) is 0 Å². The third kappa shape index (κ3) is 2.76. The molecule has 4 nitrogen and oxygen atoms in total. The predicted molar refractivity (Wildman–Crippen MR) is 53.0 cm³/mol. The molecule has 0 aliphatic carbocycles. The lowest BCUT2D eigenvalue weighted by molar-refractivity contribution is -0.167. The van der Waals surface area contributed by atoms with Crippen LogP contribution in [0.2, 0.25) is 0 Å². The second kappa shape index (κ2) is 5.03. The molecule has 0 radical (unpaired) electrons. The van der Waals surface area contributed by atoms with Crippen molar-refractivity contribution in [1.82, 2.24) is 0 Å². The van der Waals surface area contributed by atoms with Gasteiger partial charge in [0.15, 0.2) is 17.9 Å². The zero-order chi connectivity index (χ0) is 13.9. The maximum Gasteiger partial charge on any atom is 0.471 e. The van der Waals surface area contributed by atoms with Crippen molar-refractivity contribution >= 4 is 17.9 Å². The average molecular weight is 265 g/mol. The number of rotatable bonds is 3. The lowest BCUT2D eigenvalue weighted by Crippen LogP contribution is -2.30. The summed E-state index contributed by atoms with van der Waals surface area (Å²) in [6.07, 6.45) is -5.14. The molecular weight excluding hydrogens is 258 g/mol. The number of ether oxygens (including phenoxy) is 1. The number of amides is 1. The molecule has 0 aliphatic rings. The first-order valence-electron chi connectivity index (χ1n) is 4.51. The standard InChI is InChI=1S/C10H7F4NO3/c1-18-7-3-2-6(5(4-16)8(7)11)15-9(17)10(12,13)14/h2-4H,1H3,(H,15,17). The Hall–Kier alpha value is -2.12. The van der Waals surface area contributed by atoms with Crippen molar-refractivity contribution < 1.29 is 31.9 Å². The van der Waals surface area contributed by atoms with E-state index in [1.54, 1.807) is 0 Å². The Morgan fingerprint density at radius 1 is 1.39 bits per heavy atom. The minimum absolute atomic E-state index is 0.0101. The molecule has 0 saturated heterocycles. The smallest absolute Gasteiger partial charge is 0.471 e. The Labute approximate surface area is 98.5 Å². The highest BCUT2D eigenvalue weighted by Crippen LogP contribution is 2.27. The molecule has 1 amide bonds. The lowest BCUT2D eigenvalue weighted by atomic mass is 10.1. The summed E-state index contributed by atoms with van der Waals surface area (Å²) in [5.74, 6) is -3.76. The molecule has 0 aliphatic heterocycles. The predicted octanol–water partition coefficient (Wildman–Crippen LogP) is 2.15. The van der Waals surface area contributed by atoms with E-state index in [-0.39, 0.29) is 12.0 Å². The quantitative estimate of drug-likeness (QED) is 0.673. The van der Waals surface area contributed by atoms with Gasteiger partial charge >= 0.3 is 12.1 Å². The van der Waals surface area contributed by atoms with E-state index in [9.17, 15) is 27.2 Å². The average Bonchev–Trinajstić information content (AvgIpc) is 2.28. The van der Waals surface area contributed by atoms with Gasteiger partial charge in [-0.1, -0.05) is 0 Å². The van der Waals surface area contributed by atoms with Crippen LogP contribution in [0, 0.1) is 5.82 Å². The van der Waals surface area contributed by atoms with Crippen molar-refractivity contribution in [2.24, 2.45) is 0 Å². The highest BCUT2D eigenvalue weighted by molar-refractivity contribution is 5.99. The van der Waals surface area contributed by atoms with Crippen LogP contribution >= 0.6 is 0 Å². The Kier molecular flexibility index (Phi) is 3.89. The summed E-state index contributed by atoms with van der Waals surface area (Å²) in [4.78, 5) is 21.3. The Balaban J connectivity index is 3.15. The third-order valence-corrected chi connectivity index (χ3v) is 1.99. The van der Waals surface area contributed by atoms with E-state index in [1.807, 2.05) is 0 Å². The van der Waals surface area contributed by atoms with Gasteiger partial charge in [0.25, 0.3) is 0 Å². The molecule has 1 aromatic rings. The fourth-order valence-corrected chi connectivity index (χ4v) is 1.15. The van der Waals surface area contributed by atoms with Gasteiger partial charge in [-0.3, -0.25) is 9.59 Å². The van der Waals surface area contributed by atoms with Gasteiger partial charge < -0.3 is 10.1 Å². The highest BCUT2D eigenvalue weighted by Gasteiger charge is 2.39. The van der Waals surface area contributed by atoms with Crippen LogP contribution < -0.4 is 10.1 Å². The molecule has 0 atom stereocenters. The van der Waals surface area contributed by atoms with E-state index in [0.29, 0.717) is 0 Å². The highest BCUT2D eigenvalue weighted by atomic mass is 19.4.